The van der Waals surface area contributed by atoms with Crippen LogP contribution in [-0.4, -0.2) is 46.9 Å². The first-order chi connectivity index (χ1) is 14.0. The number of rotatable bonds is 3. The maximum atomic E-state index is 6.23. The molecule has 3 unspecified atom stereocenters. The molecule has 10 heteroatoms. The van der Waals surface area contributed by atoms with Crippen LogP contribution in [0.1, 0.15) is 11.1 Å². The van der Waals surface area contributed by atoms with Gasteiger partial charge in [0.2, 0.25) is 10.4 Å². The van der Waals surface area contributed by atoms with E-state index in [1.807, 2.05) is 19.1 Å². The van der Waals surface area contributed by atoms with Gasteiger partial charge in [-0.05, 0) is 41.2 Å². The van der Waals surface area contributed by atoms with Crippen LogP contribution in [0.3, 0.4) is 0 Å². The number of nitrogens with zero attached hydrogens (tertiary/aromatic N) is 6. The van der Waals surface area contributed by atoms with Gasteiger partial charge < -0.3 is 9.80 Å². The minimum atomic E-state index is 0.303. The van der Waals surface area contributed by atoms with E-state index in [9.17, 15) is 0 Å². The third-order valence-electron chi connectivity index (χ3n) is 5.39. The lowest BCUT2D eigenvalue weighted by atomic mass is 10.2. The SMILES string of the molecule is Cc1cc(N2CCN(c3cc[n+](C4CS4=[PH2+])c4nc(Cl)ccc34)CC2)nc(Cl)n1. The van der Waals surface area contributed by atoms with Gasteiger partial charge in [-0.3, -0.25) is 0 Å². The highest BCUT2D eigenvalue weighted by atomic mass is 35.5. The monoisotopic (exact) mass is 466 g/mol. The highest BCUT2D eigenvalue weighted by molar-refractivity contribution is 8.20. The quantitative estimate of drug-likeness (QED) is 0.195. The lowest BCUT2D eigenvalue weighted by Crippen LogP contribution is -2.47. The maximum absolute atomic E-state index is 6.23. The number of hydrogen-bond acceptors (Lipinski definition) is 5. The number of fused-ring (bicyclic) bond motifs is 1. The van der Waals surface area contributed by atoms with Gasteiger partial charge in [-0.2, -0.15) is 0 Å². The van der Waals surface area contributed by atoms with Crippen molar-refractivity contribution >= 4 is 63.8 Å². The Hall–Kier alpha value is -1.53. The summed E-state index contributed by atoms with van der Waals surface area (Å²) in [6.45, 7) is 5.50. The molecule has 0 aliphatic carbocycles. The first-order valence-corrected chi connectivity index (χ1v) is 13.1. The largest absolute Gasteiger partial charge is 0.367 e. The molecule has 0 bridgehead atoms. The zero-order valence-corrected chi connectivity index (χ0v) is 19.4. The van der Waals surface area contributed by atoms with Crippen molar-refractivity contribution in [1.82, 2.24) is 15.0 Å². The Morgan fingerprint density at radius 1 is 1.07 bits per heavy atom. The summed E-state index contributed by atoms with van der Waals surface area (Å²) in [6.07, 6.45) is 2.17. The molecule has 2 aliphatic heterocycles. The fourth-order valence-electron chi connectivity index (χ4n) is 3.85. The Kier molecular flexibility index (Phi) is 5.11. The van der Waals surface area contributed by atoms with Crippen LogP contribution in [0.5, 0.6) is 0 Å². The molecule has 3 aromatic heterocycles. The van der Waals surface area contributed by atoms with Crippen molar-refractivity contribution in [2.45, 2.75) is 12.3 Å². The Bertz CT molecular complexity index is 1110. The molecule has 0 radical (unpaired) electrons. The fraction of sp³-hybridized carbons (Fsp3) is 0.368. The second-order valence-corrected chi connectivity index (χ2v) is 11.7. The number of halogens is 2. The molecule has 150 valence electrons. The van der Waals surface area contributed by atoms with Gasteiger partial charge in [0.15, 0.2) is 5.37 Å². The highest BCUT2D eigenvalue weighted by Gasteiger charge is 2.41. The van der Waals surface area contributed by atoms with Crippen LogP contribution < -0.4 is 14.4 Å². The molecule has 3 aromatic rings. The van der Waals surface area contributed by atoms with Gasteiger partial charge in [0, 0.05) is 60.1 Å². The number of anilines is 2. The van der Waals surface area contributed by atoms with E-state index in [0.717, 1.165) is 48.7 Å². The average molecular weight is 467 g/mol. The fourth-order valence-corrected chi connectivity index (χ4v) is 6.68. The van der Waals surface area contributed by atoms with Gasteiger partial charge in [-0.25, -0.2) is 14.5 Å². The smallest absolute Gasteiger partial charge is 0.335 e. The number of hydrogen-bond donors (Lipinski definition) is 0. The lowest BCUT2D eigenvalue weighted by molar-refractivity contribution is -0.664. The van der Waals surface area contributed by atoms with E-state index in [0.29, 0.717) is 25.9 Å². The lowest BCUT2D eigenvalue weighted by Gasteiger charge is -2.37. The average Bonchev–Trinajstić information content (AvgIpc) is 3.42. The van der Waals surface area contributed by atoms with Gasteiger partial charge in [-0.15, -0.1) is 0 Å². The molecule has 0 amide bonds. The van der Waals surface area contributed by atoms with E-state index >= 15 is 0 Å². The summed E-state index contributed by atoms with van der Waals surface area (Å²) in [5, 5.41) is 2.51. The van der Waals surface area contributed by atoms with E-state index in [-0.39, 0.29) is 0 Å². The van der Waals surface area contributed by atoms with Crippen molar-refractivity contribution in [3.63, 3.8) is 0 Å². The standard InChI is InChI=1S/C19H20Cl2N6PS/c1-12-10-16(24-19(21)22-12)26-8-6-25(7-9-26)14-4-5-27(17-11-29(17)28)18-13(14)2-3-15(20)23-18/h2-5,10,17,28H,6-9,11H2,1H3/q+1/p+1. The van der Waals surface area contributed by atoms with Gasteiger partial charge in [-0.1, -0.05) is 0 Å². The Morgan fingerprint density at radius 3 is 2.48 bits per heavy atom. The molecule has 5 heterocycles. The summed E-state index contributed by atoms with van der Waals surface area (Å²) in [5.74, 6) is 2.09. The maximum Gasteiger partial charge on any atom is 0.335 e. The van der Waals surface area contributed by atoms with Crippen LogP contribution >= 0.6 is 31.2 Å². The number of aryl methyl sites for hydroxylation is 1. The van der Waals surface area contributed by atoms with Crippen molar-refractivity contribution in [1.29, 1.82) is 0 Å². The van der Waals surface area contributed by atoms with E-state index in [1.54, 1.807) is 0 Å². The van der Waals surface area contributed by atoms with Crippen LogP contribution in [0.2, 0.25) is 10.4 Å². The van der Waals surface area contributed by atoms with E-state index in [2.05, 4.69) is 55.7 Å². The molecule has 2 saturated heterocycles. The summed E-state index contributed by atoms with van der Waals surface area (Å²) in [6, 6.07) is 8.19. The predicted molar refractivity (Wildman–Crippen MR) is 124 cm³/mol. The van der Waals surface area contributed by atoms with Crippen molar-refractivity contribution in [3.05, 3.63) is 46.6 Å². The second kappa shape index (κ2) is 7.62. The molecule has 0 aromatic carbocycles. The summed E-state index contributed by atoms with van der Waals surface area (Å²) in [5.41, 5.74) is 3.07. The van der Waals surface area contributed by atoms with E-state index < -0.39 is 0 Å². The van der Waals surface area contributed by atoms with Crippen molar-refractivity contribution < 1.29 is 4.57 Å². The van der Waals surface area contributed by atoms with E-state index in [4.69, 9.17) is 23.2 Å². The van der Waals surface area contributed by atoms with Gasteiger partial charge >= 0.3 is 5.65 Å². The van der Waals surface area contributed by atoms with Gasteiger partial charge in [0.25, 0.3) is 0 Å². The third kappa shape index (κ3) is 3.81. The molecule has 2 aliphatic rings. The summed E-state index contributed by atoms with van der Waals surface area (Å²) >= 11 is 12.3. The van der Waals surface area contributed by atoms with Gasteiger partial charge in [0.1, 0.15) is 5.82 Å². The third-order valence-corrected chi connectivity index (χ3v) is 8.66. The van der Waals surface area contributed by atoms with Crippen molar-refractivity contribution in [2.75, 3.05) is 41.7 Å². The zero-order chi connectivity index (χ0) is 20.1. The van der Waals surface area contributed by atoms with Crippen LogP contribution in [0.25, 0.3) is 11.0 Å². The Morgan fingerprint density at radius 2 is 1.79 bits per heavy atom. The molecule has 3 atom stereocenters. The molecule has 6 nitrogen and oxygen atoms in total. The molecule has 0 saturated carbocycles. The molecular formula is C19H21Cl2N6PS+2. The topological polar surface area (TPSA) is 49.0 Å². The Labute approximate surface area is 183 Å². The minimum absolute atomic E-state index is 0.303. The molecule has 29 heavy (non-hydrogen) atoms. The molecular weight excluding hydrogens is 446 g/mol. The summed E-state index contributed by atoms with van der Waals surface area (Å²) in [7, 11) is 3.29. The van der Waals surface area contributed by atoms with Crippen LogP contribution in [-0.2, 0) is 10.1 Å². The number of pyridine rings is 2. The molecule has 2 fully saturated rings. The first-order valence-electron chi connectivity index (χ1n) is 9.45. The number of aromatic nitrogens is 4. The van der Waals surface area contributed by atoms with Crippen LogP contribution in [0, 0.1) is 6.92 Å². The Balaban J connectivity index is 1.43. The van der Waals surface area contributed by atoms with Crippen LogP contribution in [0.4, 0.5) is 11.5 Å². The molecule has 5 rings (SSSR count). The molecule has 0 N–H and O–H groups in total. The van der Waals surface area contributed by atoms with E-state index in [1.165, 1.54) is 11.4 Å². The zero-order valence-electron chi connectivity index (χ0n) is 15.9. The minimum Gasteiger partial charge on any atom is -0.367 e. The van der Waals surface area contributed by atoms with Gasteiger partial charge in [0.05, 0.1) is 31.0 Å². The summed E-state index contributed by atoms with van der Waals surface area (Å²) < 4.78 is 2.28. The van der Waals surface area contributed by atoms with Crippen molar-refractivity contribution in [2.24, 2.45) is 0 Å². The van der Waals surface area contributed by atoms with Crippen LogP contribution in [0.15, 0.2) is 30.5 Å². The summed E-state index contributed by atoms with van der Waals surface area (Å²) in [4.78, 5) is 17.9. The normalized spacial score (nSPS) is 21.6. The second-order valence-electron chi connectivity index (χ2n) is 7.31. The first kappa shape index (κ1) is 19.4. The number of piperazine rings is 1. The predicted octanol–water partition coefficient (Wildman–Crippen LogP) is 3.17. The molecule has 0 spiro atoms. The van der Waals surface area contributed by atoms with Crippen molar-refractivity contribution in [3.8, 4) is 0 Å². The highest BCUT2D eigenvalue weighted by Crippen LogP contribution is 2.32.